The molecule has 0 aromatic heterocycles. The maximum atomic E-state index is 13.9. The van der Waals surface area contributed by atoms with Gasteiger partial charge >= 0.3 is 5.97 Å². The topological polar surface area (TPSA) is 59.1 Å². The fourth-order valence-corrected chi connectivity index (χ4v) is 3.47. The first-order valence-electron chi connectivity index (χ1n) is 10.3. The van der Waals surface area contributed by atoms with E-state index in [1.165, 1.54) is 13.2 Å². The monoisotopic (exact) mass is 428 g/mol. The Kier molecular flexibility index (Phi) is 6.95. The number of carbonyl (C=O) groups excluding carboxylic acids is 2. The molecule has 0 unspecified atom stereocenters. The van der Waals surface area contributed by atoms with Crippen molar-refractivity contribution in [3.8, 4) is 5.75 Å². The lowest BCUT2D eigenvalue weighted by atomic mass is 10.1. The molecule has 1 heterocycles. The minimum Gasteiger partial charge on any atom is -0.494 e. The summed E-state index contributed by atoms with van der Waals surface area (Å²) >= 11 is 0. The Morgan fingerprint density at radius 3 is 2.29 bits per heavy atom. The van der Waals surface area contributed by atoms with Crippen LogP contribution in [-0.2, 0) is 11.3 Å². The standard InChI is InChI=1S/C24H29FN2O4/c1-24(2,3)31-23(29)19-7-5-6-18(15-19)22(28)27-12-10-26(11-13-27)16-17-8-9-21(30-4)20(25)14-17/h5-9,14-15H,10-13,16H2,1-4H3. The second kappa shape index (κ2) is 9.47. The van der Waals surface area contributed by atoms with E-state index in [4.69, 9.17) is 9.47 Å². The Bertz CT molecular complexity index is 947. The van der Waals surface area contributed by atoms with E-state index >= 15 is 0 Å². The summed E-state index contributed by atoms with van der Waals surface area (Å²) < 4.78 is 24.3. The molecule has 31 heavy (non-hydrogen) atoms. The normalized spacial score (nSPS) is 14.9. The van der Waals surface area contributed by atoms with Crippen LogP contribution >= 0.6 is 0 Å². The first kappa shape index (κ1) is 22.7. The van der Waals surface area contributed by atoms with E-state index in [2.05, 4.69) is 4.90 Å². The summed E-state index contributed by atoms with van der Waals surface area (Å²) in [6, 6.07) is 11.6. The zero-order chi connectivity index (χ0) is 22.6. The van der Waals surface area contributed by atoms with Crippen LogP contribution in [0.2, 0.25) is 0 Å². The molecule has 2 aromatic carbocycles. The molecule has 1 aliphatic heterocycles. The number of ether oxygens (including phenoxy) is 2. The highest BCUT2D eigenvalue weighted by molar-refractivity contribution is 5.98. The molecule has 0 bridgehead atoms. The SMILES string of the molecule is COc1ccc(CN2CCN(C(=O)c3cccc(C(=O)OC(C)(C)C)c3)CC2)cc1F. The molecule has 6 nitrogen and oxygen atoms in total. The van der Waals surface area contributed by atoms with Crippen molar-refractivity contribution in [2.75, 3.05) is 33.3 Å². The van der Waals surface area contributed by atoms with Gasteiger partial charge in [0, 0.05) is 38.3 Å². The van der Waals surface area contributed by atoms with E-state index in [1.807, 2.05) is 6.07 Å². The first-order valence-corrected chi connectivity index (χ1v) is 10.3. The van der Waals surface area contributed by atoms with Crippen LogP contribution in [0.3, 0.4) is 0 Å². The van der Waals surface area contributed by atoms with Gasteiger partial charge in [0.2, 0.25) is 0 Å². The number of rotatable bonds is 5. The summed E-state index contributed by atoms with van der Waals surface area (Å²) in [7, 11) is 1.44. The van der Waals surface area contributed by atoms with E-state index in [9.17, 15) is 14.0 Å². The van der Waals surface area contributed by atoms with Crippen molar-refractivity contribution < 1.29 is 23.5 Å². The number of halogens is 1. The second-order valence-electron chi connectivity index (χ2n) is 8.62. The van der Waals surface area contributed by atoms with Crippen molar-refractivity contribution in [1.82, 2.24) is 9.80 Å². The molecule has 0 aliphatic carbocycles. The third kappa shape index (κ3) is 6.04. The summed E-state index contributed by atoms with van der Waals surface area (Å²) in [5.41, 5.74) is 1.10. The van der Waals surface area contributed by atoms with Gasteiger partial charge in [-0.2, -0.15) is 0 Å². The minimum atomic E-state index is -0.597. The van der Waals surface area contributed by atoms with Gasteiger partial charge in [-0.25, -0.2) is 9.18 Å². The number of esters is 1. The highest BCUT2D eigenvalue weighted by atomic mass is 19.1. The zero-order valence-corrected chi connectivity index (χ0v) is 18.5. The van der Waals surface area contributed by atoms with Crippen LogP contribution in [0.1, 0.15) is 47.1 Å². The predicted octanol–water partition coefficient (Wildman–Crippen LogP) is 3.75. The van der Waals surface area contributed by atoms with E-state index in [0.717, 1.165) is 5.56 Å². The summed E-state index contributed by atoms with van der Waals surface area (Å²) in [6.07, 6.45) is 0. The average Bonchev–Trinajstić information content (AvgIpc) is 2.73. The molecule has 166 valence electrons. The Balaban J connectivity index is 1.58. The Morgan fingerprint density at radius 2 is 1.68 bits per heavy atom. The van der Waals surface area contributed by atoms with Crippen LogP contribution in [0.15, 0.2) is 42.5 Å². The fraction of sp³-hybridized carbons (Fsp3) is 0.417. The van der Waals surface area contributed by atoms with E-state index in [0.29, 0.717) is 43.9 Å². The van der Waals surface area contributed by atoms with Crippen molar-refractivity contribution in [2.24, 2.45) is 0 Å². The van der Waals surface area contributed by atoms with Crippen LogP contribution in [0, 0.1) is 5.82 Å². The maximum absolute atomic E-state index is 13.9. The van der Waals surface area contributed by atoms with Crippen LogP contribution < -0.4 is 4.74 Å². The summed E-state index contributed by atoms with van der Waals surface area (Å²) in [5.74, 6) is -0.703. The van der Waals surface area contributed by atoms with Gasteiger partial charge in [0.05, 0.1) is 12.7 Å². The number of amides is 1. The number of hydrogen-bond acceptors (Lipinski definition) is 5. The number of piperazine rings is 1. The molecule has 1 aliphatic rings. The highest BCUT2D eigenvalue weighted by Crippen LogP contribution is 2.20. The molecule has 1 amide bonds. The molecule has 0 atom stereocenters. The van der Waals surface area contributed by atoms with Gasteiger partial charge in [0.15, 0.2) is 11.6 Å². The predicted molar refractivity (Wildman–Crippen MR) is 116 cm³/mol. The molecule has 1 saturated heterocycles. The lowest BCUT2D eigenvalue weighted by Crippen LogP contribution is -2.48. The number of carbonyl (C=O) groups is 2. The smallest absolute Gasteiger partial charge is 0.338 e. The van der Waals surface area contributed by atoms with Gasteiger partial charge in [-0.15, -0.1) is 0 Å². The van der Waals surface area contributed by atoms with Crippen molar-refractivity contribution >= 4 is 11.9 Å². The summed E-state index contributed by atoms with van der Waals surface area (Å²) in [5, 5.41) is 0. The van der Waals surface area contributed by atoms with Gasteiger partial charge in [0.1, 0.15) is 5.60 Å². The molecule has 0 spiro atoms. The van der Waals surface area contributed by atoms with Gasteiger partial charge < -0.3 is 14.4 Å². The van der Waals surface area contributed by atoms with Gasteiger partial charge in [0.25, 0.3) is 5.91 Å². The summed E-state index contributed by atoms with van der Waals surface area (Å²) in [6.45, 7) is 8.52. The number of hydrogen-bond donors (Lipinski definition) is 0. The Morgan fingerprint density at radius 1 is 1.00 bits per heavy atom. The molecule has 0 N–H and O–H groups in total. The van der Waals surface area contributed by atoms with Crippen LogP contribution in [0.25, 0.3) is 0 Å². The second-order valence-corrected chi connectivity index (χ2v) is 8.62. The lowest BCUT2D eigenvalue weighted by Gasteiger charge is -2.35. The molecule has 1 fully saturated rings. The molecule has 0 saturated carbocycles. The molecule has 3 rings (SSSR count). The van der Waals surface area contributed by atoms with Crippen LogP contribution in [-0.4, -0.2) is 60.6 Å². The highest BCUT2D eigenvalue weighted by Gasteiger charge is 2.24. The van der Waals surface area contributed by atoms with Gasteiger partial charge in [-0.1, -0.05) is 12.1 Å². The maximum Gasteiger partial charge on any atom is 0.338 e. The van der Waals surface area contributed by atoms with Crippen molar-refractivity contribution in [3.63, 3.8) is 0 Å². The molecule has 7 heteroatoms. The van der Waals surface area contributed by atoms with Gasteiger partial charge in [-0.3, -0.25) is 9.69 Å². The Labute approximate surface area is 182 Å². The Hall–Kier alpha value is -2.93. The van der Waals surface area contributed by atoms with Crippen LogP contribution in [0.4, 0.5) is 4.39 Å². The van der Waals surface area contributed by atoms with Crippen molar-refractivity contribution in [2.45, 2.75) is 32.9 Å². The minimum absolute atomic E-state index is 0.111. The third-order valence-electron chi connectivity index (χ3n) is 5.03. The molecule has 0 radical (unpaired) electrons. The van der Waals surface area contributed by atoms with E-state index in [1.54, 1.807) is 56.0 Å². The average molecular weight is 429 g/mol. The first-order chi connectivity index (χ1) is 14.7. The van der Waals surface area contributed by atoms with Crippen molar-refractivity contribution in [3.05, 3.63) is 65.0 Å². The number of nitrogens with zero attached hydrogens (tertiary/aromatic N) is 2. The van der Waals surface area contributed by atoms with Gasteiger partial charge in [-0.05, 0) is 56.7 Å². The van der Waals surface area contributed by atoms with Crippen molar-refractivity contribution in [1.29, 1.82) is 0 Å². The van der Waals surface area contributed by atoms with E-state index in [-0.39, 0.29) is 17.5 Å². The lowest BCUT2D eigenvalue weighted by molar-refractivity contribution is 0.00695. The zero-order valence-electron chi connectivity index (χ0n) is 18.5. The fourth-order valence-electron chi connectivity index (χ4n) is 3.47. The van der Waals surface area contributed by atoms with Crippen LogP contribution in [0.5, 0.6) is 5.75 Å². The van der Waals surface area contributed by atoms with E-state index < -0.39 is 11.6 Å². The quantitative estimate of drug-likeness (QED) is 0.679. The third-order valence-corrected chi connectivity index (χ3v) is 5.03. The summed E-state index contributed by atoms with van der Waals surface area (Å²) in [4.78, 5) is 29.2. The molecular formula is C24H29FN2O4. The largest absolute Gasteiger partial charge is 0.494 e. The molecular weight excluding hydrogens is 399 g/mol. The number of benzene rings is 2. The number of methoxy groups -OCH3 is 1. The molecule has 2 aromatic rings.